The van der Waals surface area contributed by atoms with Crippen LogP contribution in [0.1, 0.15) is 24.1 Å². The molecular formula is C13H13N5. The molecule has 0 saturated carbocycles. The third kappa shape index (κ3) is 2.38. The maximum Gasteiger partial charge on any atom is 0.151 e. The van der Waals surface area contributed by atoms with Crippen LogP contribution in [0.2, 0.25) is 0 Å². The average molecular weight is 239 g/mol. The monoisotopic (exact) mass is 239 g/mol. The fourth-order valence-corrected chi connectivity index (χ4v) is 1.63. The molecule has 2 heterocycles. The maximum absolute atomic E-state index is 8.90. The lowest BCUT2D eigenvalue weighted by molar-refractivity contribution is 0.872. The standard InChI is InChI=1S/C13H13N5/c1-9(10-2-5-16-6-3-10)18-13-12(15)11(8-14)4-7-17-13/h2-7,9H,15H2,1H3,(H,17,18). The fourth-order valence-electron chi connectivity index (χ4n) is 1.63. The van der Waals surface area contributed by atoms with Gasteiger partial charge in [-0.3, -0.25) is 4.98 Å². The van der Waals surface area contributed by atoms with Crippen LogP contribution in [0.4, 0.5) is 11.5 Å². The number of rotatable bonds is 3. The third-order valence-corrected chi connectivity index (χ3v) is 2.67. The number of hydrogen-bond acceptors (Lipinski definition) is 5. The highest BCUT2D eigenvalue weighted by atomic mass is 15.0. The van der Waals surface area contributed by atoms with Gasteiger partial charge in [-0.15, -0.1) is 0 Å². The minimum absolute atomic E-state index is 0.0387. The van der Waals surface area contributed by atoms with Gasteiger partial charge in [0.05, 0.1) is 17.3 Å². The summed E-state index contributed by atoms with van der Waals surface area (Å²) in [5.41, 5.74) is 7.74. The second kappa shape index (κ2) is 5.15. The number of nitrogen functional groups attached to an aromatic ring is 1. The van der Waals surface area contributed by atoms with Gasteiger partial charge >= 0.3 is 0 Å². The minimum Gasteiger partial charge on any atom is -0.395 e. The summed E-state index contributed by atoms with van der Waals surface area (Å²) >= 11 is 0. The van der Waals surface area contributed by atoms with Crippen molar-refractivity contribution in [3.8, 4) is 6.07 Å². The molecular weight excluding hydrogens is 226 g/mol. The molecule has 3 N–H and O–H groups in total. The normalized spacial score (nSPS) is 11.6. The summed E-state index contributed by atoms with van der Waals surface area (Å²) in [6.07, 6.45) is 5.03. The maximum atomic E-state index is 8.90. The highest BCUT2D eigenvalue weighted by Crippen LogP contribution is 2.23. The molecule has 0 aliphatic carbocycles. The lowest BCUT2D eigenvalue weighted by Crippen LogP contribution is -2.10. The van der Waals surface area contributed by atoms with Crippen molar-refractivity contribution in [3.63, 3.8) is 0 Å². The van der Waals surface area contributed by atoms with Gasteiger partial charge in [-0.1, -0.05) is 0 Å². The molecule has 0 bridgehead atoms. The predicted octanol–water partition coefficient (Wildman–Crippen LogP) is 2.10. The van der Waals surface area contributed by atoms with Crippen molar-refractivity contribution in [3.05, 3.63) is 47.9 Å². The molecule has 0 saturated heterocycles. The Balaban J connectivity index is 2.23. The van der Waals surface area contributed by atoms with Crippen molar-refractivity contribution in [2.45, 2.75) is 13.0 Å². The number of nitrogens with two attached hydrogens (primary N) is 1. The van der Waals surface area contributed by atoms with Gasteiger partial charge in [-0.25, -0.2) is 4.98 Å². The topological polar surface area (TPSA) is 87.6 Å². The lowest BCUT2D eigenvalue weighted by Gasteiger charge is -2.16. The zero-order valence-electron chi connectivity index (χ0n) is 9.96. The largest absolute Gasteiger partial charge is 0.395 e. The van der Waals surface area contributed by atoms with Gasteiger partial charge in [-0.2, -0.15) is 5.26 Å². The van der Waals surface area contributed by atoms with E-state index in [0.717, 1.165) is 5.56 Å². The first-order chi connectivity index (χ1) is 8.72. The summed E-state index contributed by atoms with van der Waals surface area (Å²) < 4.78 is 0. The molecule has 1 atom stereocenters. The SMILES string of the molecule is CC(Nc1nccc(C#N)c1N)c1ccncc1. The van der Waals surface area contributed by atoms with E-state index in [1.165, 1.54) is 0 Å². The summed E-state index contributed by atoms with van der Waals surface area (Å²) in [5.74, 6) is 0.526. The van der Waals surface area contributed by atoms with E-state index >= 15 is 0 Å². The summed E-state index contributed by atoms with van der Waals surface area (Å²) in [7, 11) is 0. The highest BCUT2D eigenvalue weighted by Gasteiger charge is 2.10. The Labute approximate surface area is 105 Å². The van der Waals surface area contributed by atoms with Crippen molar-refractivity contribution in [2.24, 2.45) is 0 Å². The van der Waals surface area contributed by atoms with E-state index < -0.39 is 0 Å². The van der Waals surface area contributed by atoms with Crippen molar-refractivity contribution >= 4 is 11.5 Å². The minimum atomic E-state index is 0.0387. The van der Waals surface area contributed by atoms with Gasteiger partial charge in [0.15, 0.2) is 5.82 Å². The molecule has 0 radical (unpaired) electrons. The molecule has 1 unspecified atom stereocenters. The van der Waals surface area contributed by atoms with E-state index in [1.54, 1.807) is 24.7 Å². The number of anilines is 2. The summed E-state index contributed by atoms with van der Waals surface area (Å²) in [6.45, 7) is 2.00. The molecule has 0 spiro atoms. The first-order valence-electron chi connectivity index (χ1n) is 5.53. The Bertz CT molecular complexity index is 574. The van der Waals surface area contributed by atoms with Crippen molar-refractivity contribution in [1.82, 2.24) is 9.97 Å². The van der Waals surface area contributed by atoms with E-state index in [0.29, 0.717) is 17.1 Å². The summed E-state index contributed by atoms with van der Waals surface area (Å²) in [5, 5.41) is 12.1. The first kappa shape index (κ1) is 11.9. The van der Waals surface area contributed by atoms with E-state index in [1.807, 2.05) is 25.1 Å². The van der Waals surface area contributed by atoms with Crippen LogP contribution < -0.4 is 11.1 Å². The Hall–Kier alpha value is -2.61. The fraction of sp³-hybridized carbons (Fsp3) is 0.154. The van der Waals surface area contributed by atoms with Crippen LogP contribution in [0.3, 0.4) is 0 Å². The molecule has 0 amide bonds. The quantitative estimate of drug-likeness (QED) is 0.856. The molecule has 0 aliphatic heterocycles. The molecule has 90 valence electrons. The average Bonchev–Trinajstić information content (AvgIpc) is 2.42. The predicted molar refractivity (Wildman–Crippen MR) is 69.6 cm³/mol. The molecule has 5 nitrogen and oxygen atoms in total. The number of nitrogens with one attached hydrogen (secondary N) is 1. The third-order valence-electron chi connectivity index (χ3n) is 2.67. The number of pyridine rings is 2. The van der Waals surface area contributed by atoms with Crippen LogP contribution in [0.15, 0.2) is 36.8 Å². The van der Waals surface area contributed by atoms with Crippen molar-refractivity contribution < 1.29 is 0 Å². The number of nitrogens with zero attached hydrogens (tertiary/aromatic N) is 3. The van der Waals surface area contributed by atoms with Crippen LogP contribution in [-0.4, -0.2) is 9.97 Å². The summed E-state index contributed by atoms with van der Waals surface area (Å²) in [6, 6.07) is 7.50. The molecule has 5 heteroatoms. The van der Waals surface area contributed by atoms with Gasteiger partial charge < -0.3 is 11.1 Å². The molecule has 0 fully saturated rings. The Morgan fingerprint density at radius 3 is 2.67 bits per heavy atom. The van der Waals surface area contributed by atoms with Gasteiger partial charge in [0.25, 0.3) is 0 Å². The molecule has 2 aromatic heterocycles. The second-order valence-electron chi connectivity index (χ2n) is 3.88. The van der Waals surface area contributed by atoms with Gasteiger partial charge in [0.2, 0.25) is 0 Å². The van der Waals surface area contributed by atoms with E-state index in [2.05, 4.69) is 15.3 Å². The van der Waals surface area contributed by atoms with Crippen LogP contribution >= 0.6 is 0 Å². The first-order valence-corrected chi connectivity index (χ1v) is 5.53. The molecule has 0 aliphatic rings. The molecule has 18 heavy (non-hydrogen) atoms. The van der Waals surface area contributed by atoms with Crippen LogP contribution in [-0.2, 0) is 0 Å². The smallest absolute Gasteiger partial charge is 0.151 e. The number of aromatic nitrogens is 2. The van der Waals surface area contributed by atoms with Gasteiger partial charge in [0, 0.05) is 18.6 Å². The van der Waals surface area contributed by atoms with E-state index in [-0.39, 0.29) is 6.04 Å². The Morgan fingerprint density at radius 1 is 1.28 bits per heavy atom. The van der Waals surface area contributed by atoms with Gasteiger partial charge in [-0.05, 0) is 30.7 Å². The summed E-state index contributed by atoms with van der Waals surface area (Å²) in [4.78, 5) is 8.12. The van der Waals surface area contributed by atoms with Gasteiger partial charge in [0.1, 0.15) is 6.07 Å². The molecule has 0 aromatic carbocycles. The van der Waals surface area contributed by atoms with E-state index in [4.69, 9.17) is 11.0 Å². The second-order valence-corrected chi connectivity index (χ2v) is 3.88. The zero-order chi connectivity index (χ0) is 13.0. The number of hydrogen-bond donors (Lipinski definition) is 2. The van der Waals surface area contributed by atoms with Crippen LogP contribution in [0.5, 0.6) is 0 Å². The zero-order valence-corrected chi connectivity index (χ0v) is 9.96. The highest BCUT2D eigenvalue weighted by molar-refractivity contribution is 5.69. The molecule has 2 aromatic rings. The number of nitriles is 1. The van der Waals surface area contributed by atoms with Crippen LogP contribution in [0.25, 0.3) is 0 Å². The van der Waals surface area contributed by atoms with Crippen molar-refractivity contribution in [1.29, 1.82) is 5.26 Å². The Morgan fingerprint density at radius 2 is 2.00 bits per heavy atom. The Kier molecular flexibility index (Phi) is 3.39. The van der Waals surface area contributed by atoms with E-state index in [9.17, 15) is 0 Å². The lowest BCUT2D eigenvalue weighted by atomic mass is 10.1. The van der Waals surface area contributed by atoms with Crippen LogP contribution in [0, 0.1) is 11.3 Å². The van der Waals surface area contributed by atoms with Crippen molar-refractivity contribution in [2.75, 3.05) is 11.1 Å². The molecule has 2 rings (SSSR count).